The van der Waals surface area contributed by atoms with Crippen molar-refractivity contribution in [3.63, 3.8) is 0 Å². The maximum atomic E-state index is 12.2. The number of hydrogen-bond acceptors (Lipinski definition) is 3. The van der Waals surface area contributed by atoms with E-state index >= 15 is 0 Å². The lowest BCUT2D eigenvalue weighted by molar-refractivity contribution is -0.0246. The van der Waals surface area contributed by atoms with E-state index in [2.05, 4.69) is 22.1 Å². The van der Waals surface area contributed by atoms with Crippen molar-refractivity contribution in [2.24, 2.45) is 0 Å². The Labute approximate surface area is 124 Å². The zero-order chi connectivity index (χ0) is 14.7. The lowest BCUT2D eigenvalue weighted by Gasteiger charge is -2.32. The molecule has 5 heteroatoms. The van der Waals surface area contributed by atoms with E-state index in [1.54, 1.807) is 0 Å². The molecule has 0 saturated carbocycles. The Bertz CT molecular complexity index is 623. The van der Waals surface area contributed by atoms with Crippen molar-refractivity contribution in [2.45, 2.75) is 13.0 Å². The van der Waals surface area contributed by atoms with Crippen LogP contribution >= 0.6 is 0 Å². The quantitative estimate of drug-likeness (QED) is 0.898. The van der Waals surface area contributed by atoms with Gasteiger partial charge in [0.2, 0.25) is 0 Å². The second-order valence-electron chi connectivity index (χ2n) is 5.38. The summed E-state index contributed by atoms with van der Waals surface area (Å²) in [6.45, 7) is 6.33. The highest BCUT2D eigenvalue weighted by molar-refractivity contribution is 5.98. The Kier molecular flexibility index (Phi) is 4.22. The number of H-pyrrole nitrogens is 1. The van der Waals surface area contributed by atoms with Gasteiger partial charge in [0.15, 0.2) is 0 Å². The number of likely N-dealkylation sites (N-methyl/N-ethyl adjacent to an activating group) is 1. The first kappa shape index (κ1) is 14.1. The molecule has 1 fully saturated rings. The molecule has 1 aliphatic heterocycles. The van der Waals surface area contributed by atoms with Gasteiger partial charge in [-0.3, -0.25) is 9.69 Å². The van der Waals surface area contributed by atoms with E-state index in [-0.39, 0.29) is 12.0 Å². The Hall–Kier alpha value is -1.85. The second-order valence-corrected chi connectivity index (χ2v) is 5.38. The fourth-order valence-corrected chi connectivity index (χ4v) is 2.69. The number of carbonyl (C=O) groups is 1. The van der Waals surface area contributed by atoms with Crippen LogP contribution in [0, 0.1) is 0 Å². The van der Waals surface area contributed by atoms with Gasteiger partial charge in [-0.05, 0) is 30.8 Å². The standard InChI is InChI=1S/C16H21N3O2/c1-2-19-7-8-21-14(11-19)10-18-16(20)13-3-4-15-12(9-13)5-6-17-15/h3-6,9,14,17H,2,7-8,10-11H2,1H3,(H,18,20). The van der Waals surface area contributed by atoms with Crippen molar-refractivity contribution >= 4 is 16.8 Å². The number of hydrogen-bond donors (Lipinski definition) is 2. The van der Waals surface area contributed by atoms with E-state index in [4.69, 9.17) is 4.74 Å². The first-order valence-corrected chi connectivity index (χ1v) is 7.45. The summed E-state index contributed by atoms with van der Waals surface area (Å²) in [6.07, 6.45) is 1.96. The van der Waals surface area contributed by atoms with E-state index < -0.39 is 0 Å². The molecule has 0 bridgehead atoms. The van der Waals surface area contributed by atoms with Gasteiger partial charge in [-0.25, -0.2) is 0 Å². The van der Waals surface area contributed by atoms with Crippen LogP contribution in [0.3, 0.4) is 0 Å². The topological polar surface area (TPSA) is 57.4 Å². The highest BCUT2D eigenvalue weighted by atomic mass is 16.5. The SMILES string of the molecule is CCN1CCOC(CNC(=O)c2ccc3[nH]ccc3c2)C1. The van der Waals surface area contributed by atoms with E-state index in [0.29, 0.717) is 12.1 Å². The normalized spacial score (nSPS) is 19.8. The molecule has 2 N–H and O–H groups in total. The average Bonchev–Trinajstić information content (AvgIpc) is 3.00. The number of amides is 1. The van der Waals surface area contributed by atoms with Gasteiger partial charge in [-0.15, -0.1) is 0 Å². The van der Waals surface area contributed by atoms with Crippen molar-refractivity contribution in [2.75, 3.05) is 32.8 Å². The first-order valence-electron chi connectivity index (χ1n) is 7.45. The third-order valence-electron chi connectivity index (χ3n) is 3.98. The number of rotatable bonds is 4. The minimum Gasteiger partial charge on any atom is -0.374 e. The molecule has 1 amide bonds. The maximum absolute atomic E-state index is 12.2. The third-order valence-corrected chi connectivity index (χ3v) is 3.98. The molecule has 0 spiro atoms. The number of aromatic amines is 1. The number of morpholine rings is 1. The molecular weight excluding hydrogens is 266 g/mol. The summed E-state index contributed by atoms with van der Waals surface area (Å²) in [5.74, 6) is -0.0460. The molecule has 1 atom stereocenters. The minimum atomic E-state index is -0.0460. The van der Waals surface area contributed by atoms with Crippen LogP contribution in [0.15, 0.2) is 30.5 Å². The molecule has 1 aliphatic rings. The van der Waals surface area contributed by atoms with Gasteiger partial charge in [0.25, 0.3) is 5.91 Å². The van der Waals surface area contributed by atoms with E-state index in [1.807, 2.05) is 30.5 Å². The molecule has 3 rings (SSSR count). The van der Waals surface area contributed by atoms with Crippen LogP contribution in [0.2, 0.25) is 0 Å². The van der Waals surface area contributed by atoms with Crippen LogP contribution < -0.4 is 5.32 Å². The summed E-state index contributed by atoms with van der Waals surface area (Å²) >= 11 is 0. The predicted octanol–water partition coefficient (Wildman–Crippen LogP) is 1.62. The van der Waals surface area contributed by atoms with Gasteiger partial charge in [0.05, 0.1) is 12.7 Å². The Morgan fingerprint density at radius 1 is 1.48 bits per heavy atom. The Morgan fingerprint density at radius 3 is 3.24 bits per heavy atom. The summed E-state index contributed by atoms with van der Waals surface area (Å²) in [6, 6.07) is 7.64. The van der Waals surface area contributed by atoms with Crippen molar-refractivity contribution in [1.82, 2.24) is 15.2 Å². The highest BCUT2D eigenvalue weighted by Gasteiger charge is 2.20. The minimum absolute atomic E-state index is 0.0460. The summed E-state index contributed by atoms with van der Waals surface area (Å²) in [5, 5.41) is 4.02. The predicted molar refractivity (Wildman–Crippen MR) is 82.5 cm³/mol. The number of benzene rings is 1. The molecule has 1 unspecified atom stereocenters. The largest absolute Gasteiger partial charge is 0.374 e. The number of aromatic nitrogens is 1. The van der Waals surface area contributed by atoms with Gasteiger partial charge in [-0.2, -0.15) is 0 Å². The van der Waals surface area contributed by atoms with Crippen LogP contribution in [-0.4, -0.2) is 54.7 Å². The number of ether oxygens (including phenoxy) is 1. The van der Waals surface area contributed by atoms with E-state index in [9.17, 15) is 4.79 Å². The first-order chi connectivity index (χ1) is 10.3. The second kappa shape index (κ2) is 6.28. The Morgan fingerprint density at radius 2 is 2.38 bits per heavy atom. The zero-order valence-electron chi connectivity index (χ0n) is 12.3. The summed E-state index contributed by atoms with van der Waals surface area (Å²) in [4.78, 5) is 17.7. The fourth-order valence-electron chi connectivity index (χ4n) is 2.69. The van der Waals surface area contributed by atoms with Crippen molar-refractivity contribution in [3.8, 4) is 0 Å². The van der Waals surface area contributed by atoms with Crippen molar-refractivity contribution in [3.05, 3.63) is 36.0 Å². The number of fused-ring (bicyclic) bond motifs is 1. The number of nitrogens with zero attached hydrogens (tertiary/aromatic N) is 1. The maximum Gasteiger partial charge on any atom is 0.251 e. The van der Waals surface area contributed by atoms with Gasteiger partial charge >= 0.3 is 0 Å². The average molecular weight is 287 g/mol. The fraction of sp³-hybridized carbons (Fsp3) is 0.438. The molecule has 0 aliphatic carbocycles. The van der Waals surface area contributed by atoms with Crippen LogP contribution in [0.4, 0.5) is 0 Å². The van der Waals surface area contributed by atoms with Gasteiger partial charge < -0.3 is 15.0 Å². The van der Waals surface area contributed by atoms with Crippen LogP contribution in [0.1, 0.15) is 17.3 Å². The molecule has 1 aromatic carbocycles. The molecule has 1 aromatic heterocycles. The number of nitrogens with one attached hydrogen (secondary N) is 2. The highest BCUT2D eigenvalue weighted by Crippen LogP contribution is 2.14. The van der Waals surface area contributed by atoms with Gasteiger partial charge in [0.1, 0.15) is 0 Å². The molecular formula is C16H21N3O2. The molecule has 112 valence electrons. The monoisotopic (exact) mass is 287 g/mol. The molecule has 1 saturated heterocycles. The molecule has 0 radical (unpaired) electrons. The van der Waals surface area contributed by atoms with E-state index in [0.717, 1.165) is 37.1 Å². The molecule has 2 aromatic rings. The van der Waals surface area contributed by atoms with E-state index in [1.165, 1.54) is 0 Å². The number of carbonyl (C=O) groups excluding carboxylic acids is 1. The third kappa shape index (κ3) is 3.25. The molecule has 5 nitrogen and oxygen atoms in total. The summed E-state index contributed by atoms with van der Waals surface area (Å²) < 4.78 is 5.69. The smallest absolute Gasteiger partial charge is 0.251 e. The Balaban J connectivity index is 1.58. The molecule has 2 heterocycles. The van der Waals surface area contributed by atoms with Crippen LogP contribution in [0.5, 0.6) is 0 Å². The molecule has 21 heavy (non-hydrogen) atoms. The summed E-state index contributed by atoms with van der Waals surface area (Å²) in [5.41, 5.74) is 1.73. The van der Waals surface area contributed by atoms with Crippen molar-refractivity contribution < 1.29 is 9.53 Å². The van der Waals surface area contributed by atoms with Crippen molar-refractivity contribution in [1.29, 1.82) is 0 Å². The van der Waals surface area contributed by atoms with Gasteiger partial charge in [0, 0.05) is 42.3 Å². The summed E-state index contributed by atoms with van der Waals surface area (Å²) in [7, 11) is 0. The zero-order valence-corrected chi connectivity index (χ0v) is 12.3. The lowest BCUT2D eigenvalue weighted by Crippen LogP contribution is -2.47. The van der Waals surface area contributed by atoms with Gasteiger partial charge in [-0.1, -0.05) is 6.92 Å². The van der Waals surface area contributed by atoms with Crippen LogP contribution in [-0.2, 0) is 4.74 Å². The van der Waals surface area contributed by atoms with Crippen LogP contribution in [0.25, 0.3) is 10.9 Å². The lowest BCUT2D eigenvalue weighted by atomic mass is 10.1.